The Labute approximate surface area is 155 Å². The molecule has 2 N–H and O–H groups in total. The summed E-state index contributed by atoms with van der Waals surface area (Å²) in [5, 5.41) is 6.60. The predicted molar refractivity (Wildman–Crippen MR) is 103 cm³/mol. The average Bonchev–Trinajstić information content (AvgIpc) is 3.20. The summed E-state index contributed by atoms with van der Waals surface area (Å²) in [6, 6.07) is 13.6. The lowest BCUT2D eigenvalue weighted by atomic mass is 10.2. The van der Waals surface area contributed by atoms with Gasteiger partial charge in [-0.05, 0) is 37.1 Å². The van der Waals surface area contributed by atoms with E-state index in [4.69, 9.17) is 13.9 Å². The normalized spacial score (nSPS) is 12.6. The topological polar surface area (TPSA) is 68.0 Å². The molecule has 1 aromatic heterocycles. The zero-order valence-electron chi connectivity index (χ0n) is 15.6. The molecular weight excluding hydrogens is 330 g/mol. The molecule has 0 aliphatic rings. The minimum absolute atomic E-state index is 0.0904. The van der Waals surface area contributed by atoms with E-state index in [9.17, 15) is 0 Å². The van der Waals surface area contributed by atoms with Gasteiger partial charge in [0.05, 0.1) is 12.8 Å². The van der Waals surface area contributed by atoms with Gasteiger partial charge in [-0.2, -0.15) is 0 Å². The van der Waals surface area contributed by atoms with E-state index in [1.54, 1.807) is 13.3 Å². The largest absolute Gasteiger partial charge is 0.489 e. The van der Waals surface area contributed by atoms with Crippen molar-refractivity contribution in [2.24, 2.45) is 4.99 Å². The molecule has 0 bridgehead atoms. The number of aliphatic imine (C=N–C) groups is 1. The van der Waals surface area contributed by atoms with Crippen LogP contribution in [-0.4, -0.2) is 38.8 Å². The second-order valence-corrected chi connectivity index (χ2v) is 5.83. The van der Waals surface area contributed by atoms with E-state index in [1.807, 2.05) is 42.5 Å². The molecule has 1 unspecified atom stereocenters. The summed E-state index contributed by atoms with van der Waals surface area (Å²) < 4.78 is 16.8. The smallest absolute Gasteiger partial charge is 0.191 e. The number of rotatable bonds is 11. The standard InChI is InChI=1S/C20H29N3O3/c1-3-17(26-18-9-5-4-6-10-18)15-23-20(21-2)22-12-8-13-24-16-19-11-7-14-25-19/h4-7,9-11,14,17H,3,8,12-13,15-16H2,1-2H3,(H2,21,22,23). The Bertz CT molecular complexity index is 614. The summed E-state index contributed by atoms with van der Waals surface area (Å²) in [6.45, 7) is 4.77. The van der Waals surface area contributed by atoms with Crippen molar-refractivity contribution in [1.29, 1.82) is 0 Å². The molecule has 2 aromatic rings. The molecule has 26 heavy (non-hydrogen) atoms. The van der Waals surface area contributed by atoms with E-state index in [0.717, 1.165) is 36.9 Å². The lowest BCUT2D eigenvalue weighted by molar-refractivity contribution is 0.105. The lowest BCUT2D eigenvalue weighted by Gasteiger charge is -2.20. The summed E-state index contributed by atoms with van der Waals surface area (Å²) in [7, 11) is 1.77. The van der Waals surface area contributed by atoms with Gasteiger partial charge in [0.1, 0.15) is 24.2 Å². The van der Waals surface area contributed by atoms with Gasteiger partial charge in [-0.25, -0.2) is 0 Å². The maximum Gasteiger partial charge on any atom is 0.191 e. The van der Waals surface area contributed by atoms with Gasteiger partial charge in [-0.3, -0.25) is 4.99 Å². The van der Waals surface area contributed by atoms with Crippen molar-refractivity contribution in [2.75, 3.05) is 26.7 Å². The van der Waals surface area contributed by atoms with Crippen LogP contribution in [0.3, 0.4) is 0 Å². The van der Waals surface area contributed by atoms with Crippen LogP contribution in [0.2, 0.25) is 0 Å². The Kier molecular flexibility index (Phi) is 9.14. The quantitative estimate of drug-likeness (QED) is 0.366. The second-order valence-electron chi connectivity index (χ2n) is 5.83. The van der Waals surface area contributed by atoms with Crippen LogP contribution in [0, 0.1) is 0 Å². The summed E-state index contributed by atoms with van der Waals surface area (Å²) in [4.78, 5) is 4.24. The number of furan rings is 1. The fourth-order valence-corrected chi connectivity index (χ4v) is 2.34. The van der Waals surface area contributed by atoms with E-state index in [-0.39, 0.29) is 6.10 Å². The highest BCUT2D eigenvalue weighted by atomic mass is 16.5. The van der Waals surface area contributed by atoms with Gasteiger partial charge in [0.2, 0.25) is 0 Å². The molecule has 0 fully saturated rings. The number of para-hydroxylation sites is 1. The van der Waals surface area contributed by atoms with Crippen LogP contribution >= 0.6 is 0 Å². The maximum atomic E-state index is 5.98. The highest BCUT2D eigenvalue weighted by molar-refractivity contribution is 5.79. The second kappa shape index (κ2) is 12.0. The number of hydrogen-bond donors (Lipinski definition) is 2. The van der Waals surface area contributed by atoms with Gasteiger partial charge >= 0.3 is 0 Å². The van der Waals surface area contributed by atoms with Crippen molar-refractivity contribution in [3.63, 3.8) is 0 Å². The van der Waals surface area contributed by atoms with Crippen LogP contribution in [-0.2, 0) is 11.3 Å². The molecule has 6 heteroatoms. The molecule has 0 aliphatic carbocycles. The predicted octanol–water partition coefficient (Wildman–Crippen LogP) is 3.21. The van der Waals surface area contributed by atoms with Crippen molar-refractivity contribution in [3.05, 3.63) is 54.5 Å². The van der Waals surface area contributed by atoms with Gasteiger partial charge in [0, 0.05) is 20.2 Å². The fraction of sp³-hybridized carbons (Fsp3) is 0.450. The zero-order valence-corrected chi connectivity index (χ0v) is 15.6. The number of guanidine groups is 1. The Morgan fingerprint density at radius 3 is 2.69 bits per heavy atom. The first-order valence-electron chi connectivity index (χ1n) is 9.08. The number of nitrogens with zero attached hydrogens (tertiary/aromatic N) is 1. The van der Waals surface area contributed by atoms with Gasteiger partial charge < -0.3 is 24.5 Å². The molecule has 0 saturated carbocycles. The summed E-state index contributed by atoms with van der Waals surface area (Å²) in [5.41, 5.74) is 0. The van der Waals surface area contributed by atoms with Gasteiger partial charge in [0.25, 0.3) is 0 Å². The van der Waals surface area contributed by atoms with Crippen LogP contribution in [0.5, 0.6) is 5.75 Å². The van der Waals surface area contributed by atoms with Crippen LogP contribution in [0.25, 0.3) is 0 Å². The molecule has 6 nitrogen and oxygen atoms in total. The Morgan fingerprint density at radius 1 is 1.15 bits per heavy atom. The molecular formula is C20H29N3O3. The van der Waals surface area contributed by atoms with Crippen molar-refractivity contribution < 1.29 is 13.9 Å². The Morgan fingerprint density at radius 2 is 2.00 bits per heavy atom. The third-order valence-corrected chi connectivity index (χ3v) is 3.80. The molecule has 0 aliphatic heterocycles. The Balaban J connectivity index is 1.59. The number of nitrogens with one attached hydrogen (secondary N) is 2. The molecule has 0 radical (unpaired) electrons. The first kappa shape index (κ1) is 19.8. The van der Waals surface area contributed by atoms with E-state index >= 15 is 0 Å². The van der Waals surface area contributed by atoms with Crippen LogP contribution in [0.1, 0.15) is 25.5 Å². The maximum absolute atomic E-state index is 5.98. The van der Waals surface area contributed by atoms with Crippen LogP contribution in [0.15, 0.2) is 58.1 Å². The Hall–Kier alpha value is -2.47. The number of ether oxygens (including phenoxy) is 2. The van der Waals surface area contributed by atoms with Crippen molar-refractivity contribution in [1.82, 2.24) is 10.6 Å². The fourth-order valence-electron chi connectivity index (χ4n) is 2.34. The van der Waals surface area contributed by atoms with Gasteiger partial charge in [0.15, 0.2) is 5.96 Å². The third kappa shape index (κ3) is 7.61. The highest BCUT2D eigenvalue weighted by Crippen LogP contribution is 2.11. The molecule has 1 heterocycles. The third-order valence-electron chi connectivity index (χ3n) is 3.80. The first-order chi connectivity index (χ1) is 12.8. The first-order valence-corrected chi connectivity index (χ1v) is 9.08. The van der Waals surface area contributed by atoms with Gasteiger partial charge in [-0.15, -0.1) is 0 Å². The van der Waals surface area contributed by atoms with E-state index in [2.05, 4.69) is 22.5 Å². The minimum atomic E-state index is 0.0904. The highest BCUT2D eigenvalue weighted by Gasteiger charge is 2.09. The van der Waals surface area contributed by atoms with Crippen LogP contribution in [0.4, 0.5) is 0 Å². The van der Waals surface area contributed by atoms with E-state index in [1.165, 1.54) is 0 Å². The summed E-state index contributed by atoms with van der Waals surface area (Å²) >= 11 is 0. The van der Waals surface area contributed by atoms with Crippen molar-refractivity contribution in [3.8, 4) is 5.75 Å². The lowest BCUT2D eigenvalue weighted by Crippen LogP contribution is -2.42. The minimum Gasteiger partial charge on any atom is -0.489 e. The van der Waals surface area contributed by atoms with Crippen molar-refractivity contribution in [2.45, 2.75) is 32.5 Å². The summed E-state index contributed by atoms with van der Waals surface area (Å²) in [5.74, 6) is 2.50. The average molecular weight is 359 g/mol. The van der Waals surface area contributed by atoms with E-state index < -0.39 is 0 Å². The van der Waals surface area contributed by atoms with Crippen LogP contribution < -0.4 is 15.4 Å². The van der Waals surface area contributed by atoms with Crippen molar-refractivity contribution >= 4 is 5.96 Å². The molecule has 142 valence electrons. The molecule has 0 spiro atoms. The number of benzene rings is 1. The van der Waals surface area contributed by atoms with Gasteiger partial charge in [-0.1, -0.05) is 25.1 Å². The molecule has 2 rings (SSSR count). The molecule has 0 saturated heterocycles. The molecule has 0 amide bonds. The molecule has 1 atom stereocenters. The molecule has 1 aromatic carbocycles. The number of hydrogen-bond acceptors (Lipinski definition) is 4. The summed E-state index contributed by atoms with van der Waals surface area (Å²) in [6.07, 6.45) is 3.55. The monoisotopic (exact) mass is 359 g/mol. The SMILES string of the molecule is CCC(CNC(=NC)NCCCOCc1ccco1)Oc1ccccc1. The van der Waals surface area contributed by atoms with E-state index in [0.29, 0.717) is 19.8 Å². The zero-order chi connectivity index (χ0) is 18.5.